The van der Waals surface area contributed by atoms with Gasteiger partial charge in [0.15, 0.2) is 11.5 Å². The van der Waals surface area contributed by atoms with Gasteiger partial charge >= 0.3 is 0 Å². The van der Waals surface area contributed by atoms with Crippen LogP contribution in [0.3, 0.4) is 0 Å². The molecule has 0 aromatic heterocycles. The van der Waals surface area contributed by atoms with Crippen LogP contribution in [-0.2, 0) is 0 Å². The molecule has 1 aromatic rings. The molecule has 140 valence electrons. The van der Waals surface area contributed by atoms with Gasteiger partial charge in [0.05, 0.1) is 19.8 Å². The topological polar surface area (TPSA) is 69.2 Å². The van der Waals surface area contributed by atoms with Gasteiger partial charge in [0.2, 0.25) is 5.75 Å². The SMILES string of the molecule is CCOc1cc(C(=O)NN=C2CC3C=CCC23)cc(OCC)c1OCC. The Bertz CT molecular complexity index is 700. The number of carbonyl (C=O) groups excluding carboxylic acids is 1. The predicted octanol–water partition coefficient (Wildman–Crippen LogP) is 3.56. The largest absolute Gasteiger partial charge is 0.490 e. The van der Waals surface area contributed by atoms with Crippen LogP contribution in [0.5, 0.6) is 17.2 Å². The highest BCUT2D eigenvalue weighted by molar-refractivity contribution is 5.98. The molecule has 1 aromatic carbocycles. The summed E-state index contributed by atoms with van der Waals surface area (Å²) in [5, 5.41) is 4.32. The van der Waals surface area contributed by atoms with Crippen molar-refractivity contribution in [2.75, 3.05) is 19.8 Å². The van der Waals surface area contributed by atoms with Gasteiger partial charge < -0.3 is 14.2 Å². The Morgan fingerprint density at radius 1 is 1.12 bits per heavy atom. The van der Waals surface area contributed by atoms with E-state index in [9.17, 15) is 4.79 Å². The second-order valence-electron chi connectivity index (χ2n) is 6.28. The fourth-order valence-electron chi connectivity index (χ4n) is 3.37. The number of allylic oxidation sites excluding steroid dienone is 2. The van der Waals surface area contributed by atoms with Gasteiger partial charge in [0.25, 0.3) is 5.91 Å². The van der Waals surface area contributed by atoms with E-state index in [1.807, 2.05) is 20.8 Å². The van der Waals surface area contributed by atoms with Crippen LogP contribution in [0.25, 0.3) is 0 Å². The van der Waals surface area contributed by atoms with Crippen molar-refractivity contribution in [1.82, 2.24) is 5.43 Å². The summed E-state index contributed by atoms with van der Waals surface area (Å²) in [6.45, 7) is 7.08. The van der Waals surface area contributed by atoms with E-state index in [1.165, 1.54) is 0 Å². The number of carbonyl (C=O) groups is 1. The van der Waals surface area contributed by atoms with E-state index < -0.39 is 0 Å². The number of fused-ring (bicyclic) bond motifs is 1. The molecule has 2 atom stereocenters. The zero-order valence-corrected chi connectivity index (χ0v) is 15.6. The van der Waals surface area contributed by atoms with Gasteiger partial charge in [0, 0.05) is 17.2 Å². The summed E-state index contributed by atoms with van der Waals surface area (Å²) in [6, 6.07) is 3.35. The lowest BCUT2D eigenvalue weighted by Crippen LogP contribution is -2.35. The monoisotopic (exact) mass is 358 g/mol. The first-order valence-corrected chi connectivity index (χ1v) is 9.27. The molecule has 1 N–H and O–H groups in total. The number of amides is 1. The molecule has 2 aliphatic carbocycles. The standard InChI is InChI=1S/C20H26N2O4/c1-4-24-17-11-14(12-18(25-5-2)19(17)26-6-3)20(23)22-21-16-10-13-8-7-9-15(13)16/h7-8,11-13,15H,4-6,9-10H2,1-3H3,(H,22,23). The molecule has 0 spiro atoms. The van der Waals surface area contributed by atoms with E-state index in [0.717, 1.165) is 18.6 Å². The predicted molar refractivity (Wildman–Crippen MR) is 100 cm³/mol. The zero-order valence-electron chi connectivity index (χ0n) is 15.6. The van der Waals surface area contributed by atoms with Crippen molar-refractivity contribution in [3.8, 4) is 17.2 Å². The van der Waals surface area contributed by atoms with Crippen LogP contribution in [0.1, 0.15) is 44.0 Å². The van der Waals surface area contributed by atoms with Crippen LogP contribution >= 0.6 is 0 Å². The number of nitrogens with zero attached hydrogens (tertiary/aromatic N) is 1. The molecule has 1 amide bonds. The third-order valence-corrected chi connectivity index (χ3v) is 4.64. The average Bonchev–Trinajstić information content (AvgIpc) is 2.99. The minimum atomic E-state index is -0.281. The summed E-state index contributed by atoms with van der Waals surface area (Å²) in [5.74, 6) is 2.32. The van der Waals surface area contributed by atoms with Gasteiger partial charge in [-0.3, -0.25) is 4.79 Å². The van der Waals surface area contributed by atoms with Crippen LogP contribution < -0.4 is 19.6 Å². The molecule has 0 heterocycles. The molecule has 0 radical (unpaired) electrons. The number of hydrazone groups is 1. The first kappa shape index (κ1) is 18.3. The smallest absolute Gasteiger partial charge is 0.271 e. The van der Waals surface area contributed by atoms with Crippen molar-refractivity contribution in [2.24, 2.45) is 16.9 Å². The third-order valence-electron chi connectivity index (χ3n) is 4.64. The molecule has 6 heteroatoms. The summed E-state index contributed by atoms with van der Waals surface area (Å²) in [6.07, 6.45) is 6.38. The molecule has 2 unspecified atom stereocenters. The summed E-state index contributed by atoms with van der Waals surface area (Å²) in [7, 11) is 0. The second-order valence-corrected chi connectivity index (χ2v) is 6.28. The summed E-state index contributed by atoms with van der Waals surface area (Å²) in [5.41, 5.74) is 4.17. The van der Waals surface area contributed by atoms with Gasteiger partial charge in [0.1, 0.15) is 0 Å². The Morgan fingerprint density at radius 2 is 1.77 bits per heavy atom. The van der Waals surface area contributed by atoms with Crippen molar-refractivity contribution in [2.45, 2.75) is 33.6 Å². The zero-order chi connectivity index (χ0) is 18.5. The lowest BCUT2D eigenvalue weighted by atomic mass is 9.74. The van der Waals surface area contributed by atoms with E-state index in [1.54, 1.807) is 12.1 Å². The summed E-state index contributed by atoms with van der Waals surface area (Å²) < 4.78 is 17.0. The number of benzene rings is 1. The maximum Gasteiger partial charge on any atom is 0.271 e. The number of nitrogens with one attached hydrogen (secondary N) is 1. The fraction of sp³-hybridized carbons (Fsp3) is 0.500. The number of rotatable bonds is 8. The molecule has 0 saturated heterocycles. The van der Waals surface area contributed by atoms with Crippen LogP contribution in [-0.4, -0.2) is 31.4 Å². The van der Waals surface area contributed by atoms with Crippen molar-refractivity contribution in [1.29, 1.82) is 0 Å². The van der Waals surface area contributed by atoms with E-state index in [2.05, 4.69) is 22.7 Å². The van der Waals surface area contributed by atoms with Crippen LogP contribution in [0, 0.1) is 11.8 Å². The molecular formula is C20H26N2O4. The first-order valence-electron chi connectivity index (χ1n) is 9.27. The lowest BCUT2D eigenvalue weighted by Gasteiger charge is -2.31. The van der Waals surface area contributed by atoms with E-state index in [4.69, 9.17) is 14.2 Å². The van der Waals surface area contributed by atoms with E-state index in [-0.39, 0.29) is 5.91 Å². The van der Waals surface area contributed by atoms with Crippen LogP contribution in [0.15, 0.2) is 29.4 Å². The van der Waals surface area contributed by atoms with E-state index in [0.29, 0.717) is 54.5 Å². The molecule has 2 aliphatic rings. The Kier molecular flexibility index (Phi) is 5.81. The Morgan fingerprint density at radius 3 is 2.35 bits per heavy atom. The first-order chi connectivity index (χ1) is 12.7. The van der Waals surface area contributed by atoms with Gasteiger partial charge in [-0.1, -0.05) is 12.2 Å². The number of ether oxygens (including phenoxy) is 3. The molecule has 26 heavy (non-hydrogen) atoms. The van der Waals surface area contributed by atoms with Crippen molar-refractivity contribution in [3.63, 3.8) is 0 Å². The summed E-state index contributed by atoms with van der Waals surface area (Å²) >= 11 is 0. The summed E-state index contributed by atoms with van der Waals surface area (Å²) in [4.78, 5) is 12.6. The molecule has 3 rings (SSSR count). The highest BCUT2D eigenvalue weighted by Gasteiger charge is 2.38. The Balaban J connectivity index is 1.79. The number of hydrogen-bond donors (Lipinski definition) is 1. The van der Waals surface area contributed by atoms with Crippen molar-refractivity contribution in [3.05, 3.63) is 29.8 Å². The maximum absolute atomic E-state index is 12.6. The molecule has 6 nitrogen and oxygen atoms in total. The minimum absolute atomic E-state index is 0.281. The lowest BCUT2D eigenvalue weighted by molar-refractivity contribution is 0.0952. The van der Waals surface area contributed by atoms with Gasteiger partial charge in [-0.2, -0.15) is 5.10 Å². The van der Waals surface area contributed by atoms with Crippen molar-refractivity contribution < 1.29 is 19.0 Å². The normalized spacial score (nSPS) is 21.9. The van der Waals surface area contributed by atoms with Crippen LogP contribution in [0.4, 0.5) is 0 Å². The number of hydrogen-bond acceptors (Lipinski definition) is 5. The maximum atomic E-state index is 12.6. The highest BCUT2D eigenvalue weighted by atomic mass is 16.5. The Hall–Kier alpha value is -2.50. The Labute approximate surface area is 154 Å². The third kappa shape index (κ3) is 3.69. The average molecular weight is 358 g/mol. The molecule has 1 fully saturated rings. The molecule has 1 saturated carbocycles. The highest BCUT2D eigenvalue weighted by Crippen LogP contribution is 2.40. The molecular weight excluding hydrogens is 332 g/mol. The van der Waals surface area contributed by atoms with Gasteiger partial charge in [-0.05, 0) is 51.7 Å². The second kappa shape index (κ2) is 8.25. The van der Waals surface area contributed by atoms with Crippen LogP contribution in [0.2, 0.25) is 0 Å². The molecule has 0 aliphatic heterocycles. The minimum Gasteiger partial charge on any atom is -0.490 e. The van der Waals surface area contributed by atoms with Gasteiger partial charge in [-0.15, -0.1) is 0 Å². The molecule has 0 bridgehead atoms. The fourth-order valence-corrected chi connectivity index (χ4v) is 3.37. The van der Waals surface area contributed by atoms with Gasteiger partial charge in [-0.25, -0.2) is 5.43 Å². The quantitative estimate of drug-likeness (QED) is 0.570. The van der Waals surface area contributed by atoms with Crippen molar-refractivity contribution >= 4 is 11.6 Å². The van der Waals surface area contributed by atoms with E-state index >= 15 is 0 Å².